The Balaban J connectivity index is 3.02. The maximum atomic E-state index is 11.0. The van der Waals surface area contributed by atoms with Crippen LogP contribution in [0.2, 0.25) is 5.02 Å². The summed E-state index contributed by atoms with van der Waals surface area (Å²) in [6, 6.07) is 4.62. The van der Waals surface area contributed by atoms with Crippen LogP contribution in [0.3, 0.4) is 0 Å². The van der Waals surface area contributed by atoms with E-state index in [2.05, 4.69) is 0 Å². The van der Waals surface area contributed by atoms with Gasteiger partial charge in [0.25, 0.3) is 0 Å². The quantitative estimate of drug-likeness (QED) is 0.753. The molecule has 3 nitrogen and oxygen atoms in total. The third kappa shape index (κ3) is 2.20. The molecular weight excluding hydrogens is 192 g/mol. The molecule has 70 valence electrons. The number of carbonyl (C=O) groups is 1. The number of benzene rings is 1. The van der Waals surface area contributed by atoms with E-state index < -0.39 is 6.61 Å². The molecule has 13 heavy (non-hydrogen) atoms. The van der Waals surface area contributed by atoms with Crippen LogP contribution in [-0.2, 0) is 0 Å². The normalized spacial score (nSPS) is 9.77. The van der Waals surface area contributed by atoms with Crippen molar-refractivity contribution in [2.75, 3.05) is 13.7 Å². The molecule has 1 N–H and O–H groups in total. The second kappa shape index (κ2) is 4.25. The van der Waals surface area contributed by atoms with Gasteiger partial charge >= 0.3 is 0 Å². The van der Waals surface area contributed by atoms with E-state index in [9.17, 15) is 4.79 Å². The summed E-state index contributed by atoms with van der Waals surface area (Å²) in [6.45, 7) is -0.511. The van der Waals surface area contributed by atoms with Crippen molar-refractivity contribution in [2.24, 2.45) is 0 Å². The summed E-state index contributed by atoms with van der Waals surface area (Å²) in [7, 11) is 1.49. The first-order chi connectivity index (χ1) is 6.19. The molecule has 0 heterocycles. The second-order valence-corrected chi connectivity index (χ2v) is 2.84. The van der Waals surface area contributed by atoms with Crippen LogP contribution in [0.25, 0.3) is 0 Å². The minimum Gasteiger partial charge on any atom is -0.495 e. The van der Waals surface area contributed by atoms with E-state index >= 15 is 0 Å². The Kier molecular flexibility index (Phi) is 3.28. The highest BCUT2D eigenvalue weighted by Gasteiger charge is 2.07. The van der Waals surface area contributed by atoms with Gasteiger partial charge in [-0.1, -0.05) is 11.6 Å². The molecule has 1 rings (SSSR count). The maximum absolute atomic E-state index is 11.0. The molecule has 1 aromatic rings. The molecule has 0 aliphatic heterocycles. The summed E-state index contributed by atoms with van der Waals surface area (Å²) in [4.78, 5) is 11.0. The van der Waals surface area contributed by atoms with Gasteiger partial charge in [0.15, 0.2) is 5.78 Å². The molecule has 0 atom stereocenters. The van der Waals surface area contributed by atoms with Gasteiger partial charge in [-0.05, 0) is 18.2 Å². The number of methoxy groups -OCH3 is 1. The van der Waals surface area contributed by atoms with Crippen LogP contribution in [0, 0.1) is 0 Å². The lowest BCUT2D eigenvalue weighted by Crippen LogP contribution is -2.04. The Morgan fingerprint density at radius 2 is 2.31 bits per heavy atom. The topological polar surface area (TPSA) is 46.5 Å². The Morgan fingerprint density at radius 1 is 1.62 bits per heavy atom. The van der Waals surface area contributed by atoms with Crippen molar-refractivity contribution in [3.8, 4) is 5.75 Å². The lowest BCUT2D eigenvalue weighted by Gasteiger charge is -2.03. The van der Waals surface area contributed by atoms with E-state index in [-0.39, 0.29) is 5.78 Å². The predicted molar refractivity (Wildman–Crippen MR) is 49.4 cm³/mol. The minimum atomic E-state index is -0.511. The molecular formula is C9H9ClO3. The summed E-state index contributed by atoms with van der Waals surface area (Å²) >= 11 is 5.77. The van der Waals surface area contributed by atoms with E-state index in [1.54, 1.807) is 12.1 Å². The number of aliphatic hydroxyl groups is 1. The number of halogens is 1. The number of hydrogen-bond acceptors (Lipinski definition) is 3. The number of hydrogen-bond donors (Lipinski definition) is 1. The number of ether oxygens (including phenoxy) is 1. The molecule has 0 aromatic heterocycles. The predicted octanol–water partition coefficient (Wildman–Crippen LogP) is 1.52. The number of carbonyl (C=O) groups excluding carboxylic acids is 1. The van der Waals surface area contributed by atoms with Crippen LogP contribution >= 0.6 is 11.6 Å². The first-order valence-corrected chi connectivity index (χ1v) is 4.04. The van der Waals surface area contributed by atoms with Crippen molar-refractivity contribution in [1.29, 1.82) is 0 Å². The molecule has 0 spiro atoms. The zero-order valence-corrected chi connectivity index (χ0v) is 7.84. The van der Waals surface area contributed by atoms with Crippen molar-refractivity contribution in [3.05, 3.63) is 28.8 Å². The first-order valence-electron chi connectivity index (χ1n) is 3.66. The van der Waals surface area contributed by atoms with Crippen molar-refractivity contribution < 1.29 is 14.6 Å². The molecule has 0 saturated carbocycles. The fraction of sp³-hybridized carbons (Fsp3) is 0.222. The van der Waals surface area contributed by atoms with E-state index in [1.807, 2.05) is 0 Å². The maximum Gasteiger partial charge on any atom is 0.188 e. The van der Waals surface area contributed by atoms with E-state index in [0.29, 0.717) is 16.3 Å². The van der Waals surface area contributed by atoms with Gasteiger partial charge in [-0.15, -0.1) is 0 Å². The molecule has 0 unspecified atom stereocenters. The van der Waals surface area contributed by atoms with E-state index in [1.165, 1.54) is 13.2 Å². The molecule has 0 saturated heterocycles. The smallest absolute Gasteiger partial charge is 0.188 e. The Hall–Kier alpha value is -1.06. The molecule has 0 radical (unpaired) electrons. The van der Waals surface area contributed by atoms with Gasteiger partial charge in [0.05, 0.1) is 12.1 Å². The van der Waals surface area contributed by atoms with Crippen LogP contribution in [0.15, 0.2) is 18.2 Å². The van der Waals surface area contributed by atoms with Gasteiger partial charge in [-0.2, -0.15) is 0 Å². The fourth-order valence-corrected chi connectivity index (χ4v) is 1.19. The first kappa shape index (κ1) is 10.0. The van der Waals surface area contributed by atoms with Crippen LogP contribution in [0.5, 0.6) is 5.75 Å². The van der Waals surface area contributed by atoms with E-state index in [4.69, 9.17) is 21.4 Å². The number of ketones is 1. The van der Waals surface area contributed by atoms with Crippen LogP contribution in [0.1, 0.15) is 10.4 Å². The highest BCUT2D eigenvalue weighted by Crippen LogP contribution is 2.24. The average molecular weight is 201 g/mol. The highest BCUT2D eigenvalue weighted by molar-refractivity contribution is 6.32. The van der Waals surface area contributed by atoms with Gasteiger partial charge in [0.1, 0.15) is 12.4 Å². The molecule has 0 amide bonds. The lowest BCUT2D eigenvalue weighted by atomic mass is 10.1. The zero-order valence-electron chi connectivity index (χ0n) is 7.08. The average Bonchev–Trinajstić information content (AvgIpc) is 2.16. The summed E-state index contributed by atoms with van der Waals surface area (Å²) < 4.78 is 4.91. The largest absolute Gasteiger partial charge is 0.495 e. The molecule has 0 aliphatic rings. The van der Waals surface area contributed by atoms with Crippen LogP contribution in [-0.4, -0.2) is 24.6 Å². The molecule has 4 heteroatoms. The Labute approximate surface area is 80.9 Å². The minimum absolute atomic E-state index is 0.357. The van der Waals surface area contributed by atoms with Crippen molar-refractivity contribution >= 4 is 17.4 Å². The van der Waals surface area contributed by atoms with Crippen molar-refractivity contribution in [2.45, 2.75) is 0 Å². The van der Waals surface area contributed by atoms with Gasteiger partial charge in [-0.3, -0.25) is 4.79 Å². The third-order valence-electron chi connectivity index (χ3n) is 1.62. The number of rotatable bonds is 3. The SMILES string of the molecule is COc1ccc(C(=O)CO)cc1Cl. The fourth-order valence-electron chi connectivity index (χ4n) is 0.931. The van der Waals surface area contributed by atoms with Crippen molar-refractivity contribution in [1.82, 2.24) is 0 Å². The molecule has 0 fully saturated rings. The summed E-state index contributed by atoms with van der Waals surface area (Å²) in [5.74, 6) is 0.153. The number of Topliss-reactive ketones (excluding diaryl/α,β-unsaturated/α-hetero) is 1. The third-order valence-corrected chi connectivity index (χ3v) is 1.91. The number of aliphatic hydroxyl groups excluding tert-OH is 1. The van der Waals surface area contributed by atoms with Gasteiger partial charge in [0, 0.05) is 5.56 Å². The molecule has 0 bridgehead atoms. The summed E-state index contributed by atoms with van der Waals surface area (Å²) in [6.07, 6.45) is 0. The van der Waals surface area contributed by atoms with Crippen LogP contribution < -0.4 is 4.74 Å². The monoisotopic (exact) mass is 200 g/mol. The highest BCUT2D eigenvalue weighted by atomic mass is 35.5. The van der Waals surface area contributed by atoms with Gasteiger partial charge < -0.3 is 9.84 Å². The molecule has 1 aromatic carbocycles. The summed E-state index contributed by atoms with van der Waals surface area (Å²) in [5.41, 5.74) is 0.383. The van der Waals surface area contributed by atoms with Crippen molar-refractivity contribution in [3.63, 3.8) is 0 Å². The second-order valence-electron chi connectivity index (χ2n) is 2.43. The van der Waals surface area contributed by atoms with Crippen LogP contribution in [0.4, 0.5) is 0 Å². The molecule has 0 aliphatic carbocycles. The lowest BCUT2D eigenvalue weighted by molar-refractivity contribution is 0.0903. The Morgan fingerprint density at radius 3 is 2.77 bits per heavy atom. The standard InChI is InChI=1S/C9H9ClO3/c1-13-9-3-2-6(4-7(9)10)8(12)5-11/h2-4,11H,5H2,1H3. The summed E-state index contributed by atoms with van der Waals surface area (Å²) in [5, 5.41) is 8.94. The zero-order chi connectivity index (χ0) is 9.84. The van der Waals surface area contributed by atoms with E-state index in [0.717, 1.165) is 0 Å². The van der Waals surface area contributed by atoms with Gasteiger partial charge in [0.2, 0.25) is 0 Å². The Bertz CT molecular complexity index is 323. The van der Waals surface area contributed by atoms with Gasteiger partial charge in [-0.25, -0.2) is 0 Å².